The van der Waals surface area contributed by atoms with Gasteiger partial charge in [-0.15, -0.1) is 0 Å². The Morgan fingerprint density at radius 2 is 2.00 bits per heavy atom. The van der Waals surface area contributed by atoms with Gasteiger partial charge < -0.3 is 15.0 Å². The van der Waals surface area contributed by atoms with E-state index >= 15 is 0 Å². The molecule has 0 radical (unpaired) electrons. The third-order valence-corrected chi connectivity index (χ3v) is 4.73. The summed E-state index contributed by atoms with van der Waals surface area (Å²) in [5, 5.41) is 4.12. The average molecular weight is 346 g/mol. The molecule has 0 saturated carbocycles. The van der Waals surface area contributed by atoms with Crippen LogP contribution in [0.4, 0.5) is 0 Å². The van der Waals surface area contributed by atoms with E-state index in [-0.39, 0.29) is 17.9 Å². The maximum atomic E-state index is 12.1. The van der Waals surface area contributed by atoms with Crippen molar-refractivity contribution in [3.05, 3.63) is 33.8 Å². The van der Waals surface area contributed by atoms with Crippen LogP contribution in [-0.4, -0.2) is 44.3 Å². The van der Waals surface area contributed by atoms with E-state index in [0.717, 1.165) is 31.9 Å². The second-order valence-corrected chi connectivity index (χ2v) is 7.13. The van der Waals surface area contributed by atoms with Gasteiger partial charge in [-0.2, -0.15) is 0 Å². The molecule has 6 heteroatoms. The average Bonchev–Trinajstić information content (AvgIpc) is 2.49. The number of rotatable bonds is 5. The number of amides is 1. The van der Waals surface area contributed by atoms with E-state index in [4.69, 9.17) is 27.9 Å². The zero-order valence-electron chi connectivity index (χ0n) is 13.0. The Kier molecular flexibility index (Phi) is 6.09. The second kappa shape index (κ2) is 7.64. The Morgan fingerprint density at radius 3 is 2.64 bits per heavy atom. The van der Waals surface area contributed by atoms with E-state index in [2.05, 4.69) is 19.2 Å². The van der Waals surface area contributed by atoms with Gasteiger partial charge in [-0.25, -0.2) is 0 Å². The van der Waals surface area contributed by atoms with Crippen molar-refractivity contribution in [3.8, 4) is 0 Å². The van der Waals surface area contributed by atoms with Gasteiger partial charge in [-0.05, 0) is 31.5 Å². The first-order valence-electron chi connectivity index (χ1n) is 7.52. The molecule has 122 valence electrons. The van der Waals surface area contributed by atoms with Crippen LogP contribution in [0.1, 0.15) is 19.4 Å². The normalized spacial score (nSPS) is 16.5. The van der Waals surface area contributed by atoms with Crippen LogP contribution >= 0.6 is 23.2 Å². The highest BCUT2D eigenvalue weighted by atomic mass is 35.5. The van der Waals surface area contributed by atoms with Crippen molar-refractivity contribution in [2.75, 3.05) is 32.8 Å². The minimum atomic E-state index is -0.0232. The standard InChI is InChI=1S/C16H22Cl2N2O2/c1-16(2,20-5-7-22-8-6-20)11-19-15(21)9-12-3-4-13(17)10-14(12)18/h3-4,10H,5-9,11H2,1-2H3,(H,19,21)/p+1. The van der Waals surface area contributed by atoms with E-state index in [1.54, 1.807) is 18.2 Å². The first-order chi connectivity index (χ1) is 10.4. The molecule has 2 N–H and O–H groups in total. The first kappa shape index (κ1) is 17.5. The molecular formula is C16H23Cl2N2O2+. The maximum absolute atomic E-state index is 12.1. The molecule has 1 saturated heterocycles. The molecule has 0 bridgehead atoms. The van der Waals surface area contributed by atoms with Crippen LogP contribution in [0.5, 0.6) is 0 Å². The Labute approximate surface area is 141 Å². The third-order valence-electron chi connectivity index (χ3n) is 4.15. The predicted molar refractivity (Wildman–Crippen MR) is 88.8 cm³/mol. The topological polar surface area (TPSA) is 42.8 Å². The molecule has 4 nitrogen and oxygen atoms in total. The number of morpholine rings is 1. The van der Waals surface area contributed by atoms with Crippen LogP contribution in [0.25, 0.3) is 0 Å². The summed E-state index contributed by atoms with van der Waals surface area (Å²) in [6.45, 7) is 8.50. The lowest BCUT2D eigenvalue weighted by atomic mass is 10.0. The first-order valence-corrected chi connectivity index (χ1v) is 8.27. The van der Waals surface area contributed by atoms with Gasteiger partial charge in [0.05, 0.1) is 26.2 Å². The van der Waals surface area contributed by atoms with Crippen molar-refractivity contribution in [1.29, 1.82) is 0 Å². The number of quaternary nitrogens is 1. The monoisotopic (exact) mass is 345 g/mol. The molecule has 0 aromatic heterocycles. The molecule has 22 heavy (non-hydrogen) atoms. The molecule has 1 aromatic carbocycles. The van der Waals surface area contributed by atoms with Gasteiger partial charge in [0.25, 0.3) is 0 Å². The smallest absolute Gasteiger partial charge is 0.224 e. The minimum Gasteiger partial charge on any atom is -0.370 e. The summed E-state index contributed by atoms with van der Waals surface area (Å²) >= 11 is 12.0. The van der Waals surface area contributed by atoms with Crippen molar-refractivity contribution in [1.82, 2.24) is 5.32 Å². The lowest BCUT2D eigenvalue weighted by Gasteiger charge is -2.37. The maximum Gasteiger partial charge on any atom is 0.224 e. The summed E-state index contributed by atoms with van der Waals surface area (Å²) in [5.74, 6) is -0.0232. The summed E-state index contributed by atoms with van der Waals surface area (Å²) < 4.78 is 5.39. The largest absolute Gasteiger partial charge is 0.370 e. The molecule has 0 spiro atoms. The van der Waals surface area contributed by atoms with Gasteiger partial charge in [-0.1, -0.05) is 29.3 Å². The van der Waals surface area contributed by atoms with Crippen LogP contribution in [0.15, 0.2) is 18.2 Å². The number of hydrogen-bond acceptors (Lipinski definition) is 2. The molecule has 1 aliphatic heterocycles. The molecule has 0 unspecified atom stereocenters. The summed E-state index contributed by atoms with van der Waals surface area (Å²) in [6.07, 6.45) is 0.268. The molecule has 1 aliphatic rings. The zero-order chi connectivity index (χ0) is 16.2. The van der Waals surface area contributed by atoms with Crippen LogP contribution < -0.4 is 10.2 Å². The van der Waals surface area contributed by atoms with Crippen molar-refractivity contribution >= 4 is 29.1 Å². The van der Waals surface area contributed by atoms with Gasteiger partial charge in [0.15, 0.2) is 0 Å². The molecule has 1 aromatic rings. The number of benzene rings is 1. The highest BCUT2D eigenvalue weighted by Gasteiger charge is 2.32. The van der Waals surface area contributed by atoms with Gasteiger partial charge in [0.2, 0.25) is 5.91 Å². The Bertz CT molecular complexity index is 529. The molecule has 2 rings (SSSR count). The quantitative estimate of drug-likeness (QED) is 0.845. The fourth-order valence-corrected chi connectivity index (χ4v) is 3.11. The van der Waals surface area contributed by atoms with Gasteiger partial charge in [-0.3, -0.25) is 4.79 Å². The van der Waals surface area contributed by atoms with Crippen molar-refractivity contribution in [2.24, 2.45) is 0 Å². The van der Waals surface area contributed by atoms with E-state index in [9.17, 15) is 4.79 Å². The van der Waals surface area contributed by atoms with E-state index in [1.807, 2.05) is 0 Å². The highest BCUT2D eigenvalue weighted by Crippen LogP contribution is 2.21. The third kappa shape index (κ3) is 4.85. The predicted octanol–water partition coefficient (Wildman–Crippen LogP) is 1.35. The summed E-state index contributed by atoms with van der Waals surface area (Å²) in [7, 11) is 0. The lowest BCUT2D eigenvalue weighted by Crippen LogP contribution is -3.22. The molecule has 0 atom stereocenters. The van der Waals surface area contributed by atoms with Crippen LogP contribution in [0, 0.1) is 0 Å². The van der Waals surface area contributed by atoms with Crippen molar-refractivity contribution in [2.45, 2.75) is 25.8 Å². The fraction of sp³-hybridized carbons (Fsp3) is 0.562. The number of ether oxygens (including phenoxy) is 1. The van der Waals surface area contributed by atoms with Gasteiger partial charge in [0.1, 0.15) is 18.6 Å². The Balaban J connectivity index is 1.86. The Hall–Kier alpha value is -0.810. The van der Waals surface area contributed by atoms with Crippen LogP contribution in [0.2, 0.25) is 10.0 Å². The summed E-state index contributed by atoms with van der Waals surface area (Å²) in [6, 6.07) is 5.20. The van der Waals surface area contributed by atoms with E-state index < -0.39 is 0 Å². The molecule has 1 amide bonds. The molecule has 0 aliphatic carbocycles. The molecular weight excluding hydrogens is 323 g/mol. The van der Waals surface area contributed by atoms with E-state index in [0.29, 0.717) is 16.6 Å². The fourth-order valence-electron chi connectivity index (χ4n) is 2.64. The lowest BCUT2D eigenvalue weighted by molar-refractivity contribution is -0.954. The van der Waals surface area contributed by atoms with Gasteiger partial charge in [0, 0.05) is 10.0 Å². The van der Waals surface area contributed by atoms with Crippen LogP contribution in [0.3, 0.4) is 0 Å². The van der Waals surface area contributed by atoms with Crippen molar-refractivity contribution in [3.63, 3.8) is 0 Å². The number of carbonyl (C=O) groups excluding carboxylic acids is 1. The Morgan fingerprint density at radius 1 is 1.32 bits per heavy atom. The van der Waals surface area contributed by atoms with E-state index in [1.165, 1.54) is 4.90 Å². The summed E-state index contributed by atoms with van der Waals surface area (Å²) in [5.41, 5.74) is 0.781. The van der Waals surface area contributed by atoms with Crippen molar-refractivity contribution < 1.29 is 14.4 Å². The second-order valence-electron chi connectivity index (χ2n) is 6.29. The number of halogens is 2. The zero-order valence-corrected chi connectivity index (χ0v) is 14.6. The highest BCUT2D eigenvalue weighted by molar-refractivity contribution is 6.35. The number of nitrogens with one attached hydrogen (secondary N) is 2. The minimum absolute atomic E-state index is 0.0107. The number of carbonyl (C=O) groups is 1. The summed E-state index contributed by atoms with van der Waals surface area (Å²) in [4.78, 5) is 13.6. The van der Waals surface area contributed by atoms with Crippen LogP contribution in [-0.2, 0) is 16.0 Å². The number of hydrogen-bond donors (Lipinski definition) is 2. The van der Waals surface area contributed by atoms with Gasteiger partial charge >= 0.3 is 0 Å². The molecule has 1 heterocycles. The molecule has 1 fully saturated rings. The SMILES string of the molecule is CC(C)(CNC(=O)Cc1ccc(Cl)cc1Cl)[NH+]1CCOCC1.